The highest BCUT2D eigenvalue weighted by atomic mass is 16.5. The highest BCUT2D eigenvalue weighted by molar-refractivity contribution is 5.92. The lowest BCUT2D eigenvalue weighted by Crippen LogP contribution is -2.48. The van der Waals surface area contributed by atoms with Crippen molar-refractivity contribution in [2.75, 3.05) is 19.7 Å². The van der Waals surface area contributed by atoms with Crippen LogP contribution in [0.2, 0.25) is 0 Å². The number of carbonyl (C=O) groups excluding carboxylic acids is 1. The molecule has 1 aliphatic heterocycles. The molecule has 1 aromatic heterocycles. The first-order chi connectivity index (χ1) is 9.56. The second-order valence-electron chi connectivity index (χ2n) is 4.72. The lowest BCUT2D eigenvalue weighted by atomic mass is 10.1. The van der Waals surface area contributed by atoms with Gasteiger partial charge in [0.05, 0.1) is 13.2 Å². The Bertz CT molecular complexity index is 486. The number of ether oxygens (including phenoxy) is 1. The second kappa shape index (κ2) is 6.09. The number of carbonyl (C=O) groups is 2. The summed E-state index contributed by atoms with van der Waals surface area (Å²) >= 11 is 0. The van der Waals surface area contributed by atoms with Crippen molar-refractivity contribution in [2.45, 2.75) is 32.8 Å². The summed E-state index contributed by atoms with van der Waals surface area (Å²) in [6.07, 6.45) is 0.581. The Balaban J connectivity index is 2.14. The molecule has 6 heteroatoms. The minimum absolute atomic E-state index is 0.0534. The third-order valence-electron chi connectivity index (χ3n) is 3.44. The zero-order chi connectivity index (χ0) is 14.7. The minimum Gasteiger partial charge on any atom is -0.479 e. The first-order valence-corrected chi connectivity index (χ1v) is 6.82. The van der Waals surface area contributed by atoms with Gasteiger partial charge in [-0.2, -0.15) is 0 Å². The van der Waals surface area contributed by atoms with Crippen molar-refractivity contribution < 1.29 is 23.8 Å². The maximum absolute atomic E-state index is 12.3. The molecule has 2 rings (SSSR count). The van der Waals surface area contributed by atoms with E-state index in [1.54, 1.807) is 6.07 Å². The quantitative estimate of drug-likeness (QED) is 0.900. The number of hydrogen-bond donors (Lipinski definition) is 1. The van der Waals surface area contributed by atoms with Crippen LogP contribution in [0.5, 0.6) is 0 Å². The molecule has 0 saturated carbocycles. The summed E-state index contributed by atoms with van der Waals surface area (Å²) in [5.41, 5.74) is 1.03. The number of carboxylic acid groups (broad SMARTS) is 1. The van der Waals surface area contributed by atoms with Gasteiger partial charge in [0.1, 0.15) is 5.76 Å². The first kappa shape index (κ1) is 14.6. The van der Waals surface area contributed by atoms with Gasteiger partial charge in [-0.3, -0.25) is 4.79 Å². The molecule has 0 spiro atoms. The van der Waals surface area contributed by atoms with E-state index in [2.05, 4.69) is 0 Å². The van der Waals surface area contributed by atoms with E-state index in [-0.39, 0.29) is 24.8 Å². The van der Waals surface area contributed by atoms with Crippen LogP contribution in [0, 0.1) is 0 Å². The average Bonchev–Trinajstić information content (AvgIpc) is 2.89. The molecule has 1 aromatic rings. The SMILES string of the molecule is CCc1cc(C(=O)N2CCO[C@@H](C(=O)O)C2)oc1CC. The number of aryl methyl sites for hydroxylation is 2. The summed E-state index contributed by atoms with van der Waals surface area (Å²) in [4.78, 5) is 24.7. The van der Waals surface area contributed by atoms with E-state index < -0.39 is 12.1 Å². The van der Waals surface area contributed by atoms with Gasteiger partial charge in [-0.05, 0) is 18.1 Å². The minimum atomic E-state index is -1.05. The molecule has 1 atom stereocenters. The van der Waals surface area contributed by atoms with E-state index in [0.717, 1.165) is 24.2 Å². The van der Waals surface area contributed by atoms with E-state index in [1.165, 1.54) is 4.90 Å². The Kier molecular flexibility index (Phi) is 4.44. The van der Waals surface area contributed by atoms with Gasteiger partial charge in [-0.15, -0.1) is 0 Å². The van der Waals surface area contributed by atoms with E-state index in [1.807, 2.05) is 13.8 Å². The van der Waals surface area contributed by atoms with Crippen LogP contribution in [-0.2, 0) is 22.4 Å². The van der Waals surface area contributed by atoms with Crippen molar-refractivity contribution in [3.05, 3.63) is 23.2 Å². The molecule has 1 aliphatic rings. The van der Waals surface area contributed by atoms with Crippen molar-refractivity contribution in [2.24, 2.45) is 0 Å². The van der Waals surface area contributed by atoms with Crippen LogP contribution in [0.15, 0.2) is 10.5 Å². The summed E-state index contributed by atoms with van der Waals surface area (Å²) in [5.74, 6) is -0.219. The van der Waals surface area contributed by atoms with Crippen molar-refractivity contribution in [1.29, 1.82) is 0 Å². The molecule has 1 N–H and O–H groups in total. The highest BCUT2D eigenvalue weighted by Gasteiger charge is 2.31. The lowest BCUT2D eigenvalue weighted by molar-refractivity contribution is -0.154. The van der Waals surface area contributed by atoms with Crippen LogP contribution >= 0.6 is 0 Å². The van der Waals surface area contributed by atoms with Gasteiger partial charge in [0.15, 0.2) is 11.9 Å². The fourth-order valence-corrected chi connectivity index (χ4v) is 2.31. The van der Waals surface area contributed by atoms with Gasteiger partial charge >= 0.3 is 5.97 Å². The fourth-order valence-electron chi connectivity index (χ4n) is 2.31. The van der Waals surface area contributed by atoms with Crippen molar-refractivity contribution >= 4 is 11.9 Å². The summed E-state index contributed by atoms with van der Waals surface area (Å²) in [7, 11) is 0. The number of nitrogens with zero attached hydrogens (tertiary/aromatic N) is 1. The smallest absolute Gasteiger partial charge is 0.334 e. The summed E-state index contributed by atoms with van der Waals surface area (Å²) in [5, 5.41) is 8.95. The maximum Gasteiger partial charge on any atom is 0.334 e. The van der Waals surface area contributed by atoms with Crippen LogP contribution in [0.3, 0.4) is 0 Å². The van der Waals surface area contributed by atoms with Gasteiger partial charge in [0.2, 0.25) is 0 Å². The zero-order valence-corrected chi connectivity index (χ0v) is 11.7. The molecule has 0 aliphatic carbocycles. The Labute approximate surface area is 117 Å². The molecule has 0 radical (unpaired) electrons. The molecule has 110 valence electrons. The molecule has 20 heavy (non-hydrogen) atoms. The lowest BCUT2D eigenvalue weighted by Gasteiger charge is -2.30. The average molecular weight is 281 g/mol. The summed E-state index contributed by atoms with van der Waals surface area (Å²) < 4.78 is 10.7. The normalized spacial score (nSPS) is 19.1. The summed E-state index contributed by atoms with van der Waals surface area (Å²) in [6, 6.07) is 1.76. The molecule has 0 aromatic carbocycles. The van der Waals surface area contributed by atoms with E-state index >= 15 is 0 Å². The maximum atomic E-state index is 12.3. The topological polar surface area (TPSA) is 80.0 Å². The number of amides is 1. The molecule has 1 amide bonds. The second-order valence-corrected chi connectivity index (χ2v) is 4.72. The Hall–Kier alpha value is -1.82. The van der Waals surface area contributed by atoms with Crippen molar-refractivity contribution in [3.8, 4) is 0 Å². The van der Waals surface area contributed by atoms with E-state index in [9.17, 15) is 9.59 Å². The predicted molar refractivity (Wildman–Crippen MR) is 70.7 cm³/mol. The van der Waals surface area contributed by atoms with Crippen LogP contribution in [0.25, 0.3) is 0 Å². The first-order valence-electron chi connectivity index (χ1n) is 6.82. The highest BCUT2D eigenvalue weighted by Crippen LogP contribution is 2.19. The number of aliphatic carboxylic acids is 1. The standard InChI is InChI=1S/C14H19NO5/c1-3-9-7-11(20-10(9)4-2)13(16)15-5-6-19-12(8-15)14(17)18/h7,12H,3-6,8H2,1-2H3,(H,17,18)/t12-/m1/s1. The van der Waals surface area contributed by atoms with Crippen LogP contribution in [-0.4, -0.2) is 47.7 Å². The van der Waals surface area contributed by atoms with Crippen LogP contribution in [0.4, 0.5) is 0 Å². The third kappa shape index (κ3) is 2.85. The largest absolute Gasteiger partial charge is 0.479 e. The predicted octanol–water partition coefficient (Wildman–Crippen LogP) is 1.33. The molecule has 0 bridgehead atoms. The Morgan fingerprint density at radius 1 is 1.40 bits per heavy atom. The Morgan fingerprint density at radius 3 is 2.70 bits per heavy atom. The van der Waals surface area contributed by atoms with Gasteiger partial charge in [-0.25, -0.2) is 4.79 Å². The van der Waals surface area contributed by atoms with Gasteiger partial charge in [-0.1, -0.05) is 13.8 Å². The van der Waals surface area contributed by atoms with Crippen molar-refractivity contribution in [1.82, 2.24) is 4.90 Å². The third-order valence-corrected chi connectivity index (χ3v) is 3.44. The van der Waals surface area contributed by atoms with E-state index in [0.29, 0.717) is 6.54 Å². The van der Waals surface area contributed by atoms with Gasteiger partial charge in [0, 0.05) is 13.0 Å². The Morgan fingerprint density at radius 2 is 2.15 bits per heavy atom. The molecule has 1 saturated heterocycles. The number of furan rings is 1. The van der Waals surface area contributed by atoms with Crippen LogP contribution in [0.1, 0.15) is 35.7 Å². The van der Waals surface area contributed by atoms with Crippen molar-refractivity contribution in [3.63, 3.8) is 0 Å². The monoisotopic (exact) mass is 281 g/mol. The molecule has 1 fully saturated rings. The molecular formula is C14H19NO5. The molecule has 6 nitrogen and oxygen atoms in total. The number of hydrogen-bond acceptors (Lipinski definition) is 4. The summed E-state index contributed by atoms with van der Waals surface area (Å²) in [6.45, 7) is 4.64. The number of morpholine rings is 1. The number of rotatable bonds is 4. The number of carboxylic acids is 1. The van der Waals surface area contributed by atoms with Gasteiger partial charge < -0.3 is 19.2 Å². The molecule has 0 unspecified atom stereocenters. The molecular weight excluding hydrogens is 262 g/mol. The van der Waals surface area contributed by atoms with Crippen LogP contribution < -0.4 is 0 Å². The van der Waals surface area contributed by atoms with E-state index in [4.69, 9.17) is 14.3 Å². The zero-order valence-electron chi connectivity index (χ0n) is 11.7. The fraction of sp³-hybridized carbons (Fsp3) is 0.571. The molecule has 2 heterocycles. The van der Waals surface area contributed by atoms with Gasteiger partial charge in [0.25, 0.3) is 5.91 Å².